The van der Waals surface area contributed by atoms with Crippen molar-refractivity contribution in [3.63, 3.8) is 0 Å². The molecular formula is C34H46N4O6. The summed E-state index contributed by atoms with van der Waals surface area (Å²) in [5.74, 6) is 0.437. The first-order valence-corrected chi connectivity index (χ1v) is 15.5. The molecule has 6 rings (SSSR count). The Labute approximate surface area is 260 Å². The lowest BCUT2D eigenvalue weighted by Crippen LogP contribution is -2.45. The van der Waals surface area contributed by atoms with Crippen molar-refractivity contribution in [1.82, 2.24) is 14.6 Å². The summed E-state index contributed by atoms with van der Waals surface area (Å²) in [6, 6.07) is 8.04. The first-order valence-electron chi connectivity index (χ1n) is 15.5. The highest BCUT2D eigenvalue weighted by atomic mass is 16.5. The second-order valence-corrected chi connectivity index (χ2v) is 13.3. The lowest BCUT2D eigenvalue weighted by molar-refractivity contribution is -0.160. The number of carboxylic acid groups (broad SMARTS) is 1. The fourth-order valence-electron chi connectivity index (χ4n) is 5.79. The summed E-state index contributed by atoms with van der Waals surface area (Å²) >= 11 is 0. The number of anilines is 1. The maximum Gasteiger partial charge on any atom is 0.337 e. The molecule has 0 amide bonds. The third-order valence-corrected chi connectivity index (χ3v) is 8.15. The molecule has 2 aromatic heterocycles. The summed E-state index contributed by atoms with van der Waals surface area (Å²) in [5, 5.41) is 15.3. The number of carbonyl (C=O) groups is 1. The minimum atomic E-state index is -1.21. The van der Waals surface area contributed by atoms with Crippen LogP contribution in [0.25, 0.3) is 5.65 Å². The molecular weight excluding hydrogens is 560 g/mol. The quantitative estimate of drug-likeness (QED) is 0.354. The van der Waals surface area contributed by atoms with Crippen LogP contribution in [-0.2, 0) is 32.2 Å². The van der Waals surface area contributed by atoms with Crippen LogP contribution in [0.1, 0.15) is 88.1 Å². The van der Waals surface area contributed by atoms with Gasteiger partial charge in [-0.25, -0.2) is 9.78 Å². The predicted molar refractivity (Wildman–Crippen MR) is 168 cm³/mol. The summed E-state index contributed by atoms with van der Waals surface area (Å²) in [7, 11) is 0. The maximum absolute atomic E-state index is 12.7. The first-order chi connectivity index (χ1) is 20.8. The van der Waals surface area contributed by atoms with E-state index in [2.05, 4.69) is 37.0 Å². The predicted octanol–water partition coefficient (Wildman–Crippen LogP) is 6.11. The van der Waals surface area contributed by atoms with Crippen LogP contribution in [0.2, 0.25) is 0 Å². The number of benzene rings is 1. The van der Waals surface area contributed by atoms with Crippen LogP contribution in [0.15, 0.2) is 36.4 Å². The van der Waals surface area contributed by atoms with Gasteiger partial charge in [-0.05, 0) is 72.9 Å². The van der Waals surface area contributed by atoms with Crippen LogP contribution >= 0.6 is 0 Å². The lowest BCUT2D eigenvalue weighted by Gasteiger charge is -2.41. The zero-order valence-corrected chi connectivity index (χ0v) is 27.1. The fourth-order valence-corrected chi connectivity index (χ4v) is 5.79. The first kappa shape index (κ1) is 31.9. The van der Waals surface area contributed by atoms with Crippen molar-refractivity contribution in [2.24, 2.45) is 0 Å². The van der Waals surface area contributed by atoms with Crippen LogP contribution < -0.4 is 9.64 Å². The topological polar surface area (TPSA) is 108 Å². The molecule has 0 aliphatic carbocycles. The number of aliphatic carboxylic acids is 1. The number of ether oxygens (including phenoxy) is 4. The average Bonchev–Trinajstić information content (AvgIpc) is 3.34. The van der Waals surface area contributed by atoms with Gasteiger partial charge in [-0.15, -0.1) is 0 Å². The van der Waals surface area contributed by atoms with E-state index in [4.69, 9.17) is 29.0 Å². The number of aromatic nitrogens is 3. The highest BCUT2D eigenvalue weighted by Gasteiger charge is 2.37. The number of aryl methyl sites for hydroxylation is 2. The third-order valence-electron chi connectivity index (χ3n) is 8.15. The molecule has 1 aromatic carbocycles. The van der Waals surface area contributed by atoms with Gasteiger partial charge in [0.1, 0.15) is 11.6 Å². The van der Waals surface area contributed by atoms with E-state index in [1.807, 2.05) is 52.8 Å². The van der Waals surface area contributed by atoms with E-state index in [1.54, 1.807) is 4.52 Å². The number of fused-ring (bicyclic) bond motifs is 9. The van der Waals surface area contributed by atoms with Crippen molar-refractivity contribution >= 4 is 17.4 Å². The average molecular weight is 607 g/mol. The minimum absolute atomic E-state index is 0.00603. The summed E-state index contributed by atoms with van der Waals surface area (Å²) in [6.45, 7) is 16.1. The normalized spacial score (nSPS) is 23.2. The van der Waals surface area contributed by atoms with E-state index < -0.39 is 17.7 Å². The molecule has 4 bridgehead atoms. The number of nitrogens with zero attached hydrogens (tertiary/aromatic N) is 4. The van der Waals surface area contributed by atoms with Gasteiger partial charge in [-0.3, -0.25) is 0 Å². The Bertz CT molecular complexity index is 1520. The fraction of sp³-hybridized carbons (Fsp3) is 0.559. The van der Waals surface area contributed by atoms with Gasteiger partial charge < -0.3 is 29.0 Å². The van der Waals surface area contributed by atoms with Crippen LogP contribution in [0, 0.1) is 13.8 Å². The Kier molecular flexibility index (Phi) is 9.34. The molecule has 238 valence electrons. The molecule has 5 heterocycles. The number of rotatable bonds is 3. The van der Waals surface area contributed by atoms with Gasteiger partial charge in [0.25, 0.3) is 0 Å². The number of hydrogen-bond donors (Lipinski definition) is 1. The Morgan fingerprint density at radius 1 is 1.14 bits per heavy atom. The monoisotopic (exact) mass is 606 g/mol. The molecule has 2 atom stereocenters. The second-order valence-electron chi connectivity index (χ2n) is 13.3. The Hall–Kier alpha value is -3.47. The highest BCUT2D eigenvalue weighted by Crippen LogP contribution is 2.38. The zero-order valence-electron chi connectivity index (χ0n) is 27.1. The third kappa shape index (κ3) is 7.42. The zero-order chi connectivity index (χ0) is 31.6. The van der Waals surface area contributed by atoms with Crippen molar-refractivity contribution in [1.29, 1.82) is 0 Å². The van der Waals surface area contributed by atoms with Crippen LogP contribution in [-0.4, -0.2) is 62.7 Å². The summed E-state index contributed by atoms with van der Waals surface area (Å²) < 4.78 is 26.8. The molecule has 3 aromatic rings. The van der Waals surface area contributed by atoms with E-state index in [9.17, 15) is 9.90 Å². The van der Waals surface area contributed by atoms with E-state index in [1.165, 1.54) is 0 Å². The molecule has 3 aliphatic rings. The molecule has 1 fully saturated rings. The van der Waals surface area contributed by atoms with Gasteiger partial charge in [-0.1, -0.05) is 24.3 Å². The molecule has 10 nitrogen and oxygen atoms in total. The second kappa shape index (κ2) is 12.9. The number of hydrogen-bond acceptors (Lipinski definition) is 8. The Morgan fingerprint density at radius 2 is 1.89 bits per heavy atom. The van der Waals surface area contributed by atoms with E-state index >= 15 is 0 Å². The number of carboxylic acids is 1. The SMILES string of the molecule is Cc1ccc2c(c1)O[C@@H](C)C/C=C\COC1(C)CCN(CC1)c1c([C@H](OC(C)(C)C)C(=O)O)c(C)nc3cc(nn13)COC2. The van der Waals surface area contributed by atoms with Crippen molar-refractivity contribution in [2.75, 3.05) is 24.6 Å². The minimum Gasteiger partial charge on any atom is -0.490 e. The van der Waals surface area contributed by atoms with Gasteiger partial charge in [-0.2, -0.15) is 9.61 Å². The largest absolute Gasteiger partial charge is 0.490 e. The molecule has 10 heteroatoms. The van der Waals surface area contributed by atoms with Gasteiger partial charge >= 0.3 is 5.97 Å². The highest BCUT2D eigenvalue weighted by molar-refractivity contribution is 5.78. The van der Waals surface area contributed by atoms with E-state index in [0.717, 1.165) is 36.1 Å². The number of piperidine rings is 1. The van der Waals surface area contributed by atoms with Crippen LogP contribution in [0.4, 0.5) is 5.82 Å². The van der Waals surface area contributed by atoms with Crippen molar-refractivity contribution < 1.29 is 28.8 Å². The lowest BCUT2D eigenvalue weighted by atomic mass is 9.92. The van der Waals surface area contributed by atoms with E-state index in [0.29, 0.717) is 54.7 Å². The van der Waals surface area contributed by atoms with Gasteiger partial charge in [0.2, 0.25) is 0 Å². The summed E-state index contributed by atoms with van der Waals surface area (Å²) in [5.41, 5.74) is 3.53. The Balaban J connectivity index is 1.57. The summed E-state index contributed by atoms with van der Waals surface area (Å²) in [4.78, 5) is 19.7. The molecule has 0 spiro atoms. The van der Waals surface area contributed by atoms with Gasteiger partial charge in [0.15, 0.2) is 11.8 Å². The van der Waals surface area contributed by atoms with Crippen molar-refractivity contribution in [3.05, 3.63) is 64.5 Å². The van der Waals surface area contributed by atoms with E-state index in [-0.39, 0.29) is 18.3 Å². The molecule has 0 saturated carbocycles. The van der Waals surface area contributed by atoms with Crippen LogP contribution in [0.3, 0.4) is 0 Å². The molecule has 0 unspecified atom stereocenters. The summed E-state index contributed by atoms with van der Waals surface area (Å²) in [6.07, 6.45) is 5.27. The molecule has 1 N–H and O–H groups in total. The standard InChI is InChI=1S/C34H46N4O6/c1-22-11-12-25-20-41-21-26-19-28-35-24(3)29(30(32(39)40)44-33(4,5)6)31(38(28)36-26)37-15-13-34(7,14-16-37)42-17-9-8-10-23(2)43-27(25)18-22/h8-9,11-12,18-19,23,30H,10,13-17,20-21H2,1-7H3,(H,39,40)/b9-8-/t23-,30-/m0/s1. The maximum atomic E-state index is 12.7. The van der Waals surface area contributed by atoms with Crippen molar-refractivity contribution in [2.45, 2.75) is 104 Å². The van der Waals surface area contributed by atoms with Gasteiger partial charge in [0.05, 0.1) is 48.4 Å². The molecule has 3 aliphatic heterocycles. The van der Waals surface area contributed by atoms with Crippen LogP contribution in [0.5, 0.6) is 5.75 Å². The van der Waals surface area contributed by atoms with Crippen molar-refractivity contribution in [3.8, 4) is 5.75 Å². The molecule has 1 saturated heterocycles. The smallest absolute Gasteiger partial charge is 0.337 e. The molecule has 44 heavy (non-hydrogen) atoms. The Morgan fingerprint density at radius 3 is 2.59 bits per heavy atom. The van der Waals surface area contributed by atoms with Gasteiger partial charge in [0, 0.05) is 36.8 Å². The molecule has 0 radical (unpaired) electrons.